The van der Waals surface area contributed by atoms with Crippen molar-refractivity contribution in [1.29, 1.82) is 0 Å². The number of hydrogen-bond acceptors (Lipinski definition) is 5. The summed E-state index contributed by atoms with van der Waals surface area (Å²) in [6.45, 7) is 0.669. The van der Waals surface area contributed by atoms with Gasteiger partial charge in [0.25, 0.3) is 5.69 Å². The molecule has 0 atom stereocenters. The molecule has 7 nitrogen and oxygen atoms in total. The number of rotatable bonds is 7. The van der Waals surface area contributed by atoms with Gasteiger partial charge in [0.15, 0.2) is 0 Å². The van der Waals surface area contributed by atoms with E-state index in [1.165, 1.54) is 12.3 Å². The zero-order valence-electron chi connectivity index (χ0n) is 11.4. The van der Waals surface area contributed by atoms with Gasteiger partial charge >= 0.3 is 0 Å². The molecule has 0 radical (unpaired) electrons. The number of benzene rings is 1. The number of nitrogens with zero attached hydrogens (tertiary/aromatic N) is 2. The number of carbonyl (C=O) groups excluding carboxylic acids is 1. The first-order valence-electron chi connectivity index (χ1n) is 6.63. The van der Waals surface area contributed by atoms with E-state index in [2.05, 4.69) is 10.3 Å². The Balaban J connectivity index is 2.12. The zero-order chi connectivity index (χ0) is 15.2. The van der Waals surface area contributed by atoms with Crippen molar-refractivity contribution in [2.75, 3.05) is 11.9 Å². The molecule has 110 valence electrons. The van der Waals surface area contributed by atoms with E-state index in [-0.39, 0.29) is 11.6 Å². The molecule has 21 heavy (non-hydrogen) atoms. The maximum absolute atomic E-state index is 11.0. The lowest BCUT2D eigenvalue weighted by atomic mass is 10.1. The van der Waals surface area contributed by atoms with Crippen LogP contribution in [0, 0.1) is 10.1 Å². The van der Waals surface area contributed by atoms with Crippen LogP contribution < -0.4 is 11.1 Å². The number of unbranched alkanes of at least 4 members (excludes halogenated alkanes) is 1. The SMILES string of the molecule is NC(=O)CCCCNc1ccc([N+](=O)[O-])c2cnccc12. The lowest BCUT2D eigenvalue weighted by Crippen LogP contribution is -2.11. The highest BCUT2D eigenvalue weighted by Crippen LogP contribution is 2.30. The molecule has 0 saturated heterocycles. The fourth-order valence-corrected chi connectivity index (χ4v) is 2.14. The molecule has 1 aromatic heterocycles. The average molecular weight is 288 g/mol. The van der Waals surface area contributed by atoms with Crippen molar-refractivity contribution < 1.29 is 9.72 Å². The summed E-state index contributed by atoms with van der Waals surface area (Å²) in [6, 6.07) is 4.90. The summed E-state index contributed by atoms with van der Waals surface area (Å²) in [5, 5.41) is 15.5. The standard InChI is InChI=1S/C14H16N4O3/c15-14(19)3-1-2-7-17-12-4-5-13(18(20)21)11-9-16-8-6-10(11)12/h4-6,8-9,17H,1-3,7H2,(H2,15,19). The first-order chi connectivity index (χ1) is 10.1. The van der Waals surface area contributed by atoms with Crippen LogP contribution in [-0.4, -0.2) is 22.4 Å². The number of nitrogens with two attached hydrogens (primary N) is 1. The Labute approximate surface area is 121 Å². The van der Waals surface area contributed by atoms with Crippen molar-refractivity contribution in [3.63, 3.8) is 0 Å². The second kappa shape index (κ2) is 6.65. The summed E-state index contributed by atoms with van der Waals surface area (Å²) >= 11 is 0. The van der Waals surface area contributed by atoms with Crippen LogP contribution in [-0.2, 0) is 4.79 Å². The van der Waals surface area contributed by atoms with Gasteiger partial charge in [0, 0.05) is 42.5 Å². The molecule has 1 heterocycles. The number of nitro benzene ring substituents is 1. The Hall–Kier alpha value is -2.70. The predicted molar refractivity (Wildman–Crippen MR) is 79.9 cm³/mol. The fraction of sp³-hybridized carbons (Fsp3) is 0.286. The largest absolute Gasteiger partial charge is 0.385 e. The smallest absolute Gasteiger partial charge is 0.278 e. The van der Waals surface area contributed by atoms with Crippen LogP contribution in [0.25, 0.3) is 10.8 Å². The molecule has 0 aliphatic rings. The van der Waals surface area contributed by atoms with Crippen molar-refractivity contribution >= 4 is 28.1 Å². The van der Waals surface area contributed by atoms with Gasteiger partial charge in [-0.3, -0.25) is 19.9 Å². The van der Waals surface area contributed by atoms with E-state index in [1.54, 1.807) is 18.3 Å². The van der Waals surface area contributed by atoms with Gasteiger partial charge in [0.2, 0.25) is 5.91 Å². The maximum Gasteiger partial charge on any atom is 0.278 e. The molecular formula is C14H16N4O3. The van der Waals surface area contributed by atoms with Crippen molar-refractivity contribution in [3.05, 3.63) is 40.7 Å². The predicted octanol–water partition coefficient (Wildman–Crippen LogP) is 2.21. The number of amides is 1. The first-order valence-corrected chi connectivity index (χ1v) is 6.63. The Morgan fingerprint density at radius 1 is 1.29 bits per heavy atom. The van der Waals surface area contributed by atoms with Crippen LogP contribution in [0.4, 0.5) is 11.4 Å². The molecule has 1 amide bonds. The van der Waals surface area contributed by atoms with Crippen molar-refractivity contribution in [2.45, 2.75) is 19.3 Å². The maximum atomic E-state index is 11.0. The van der Waals surface area contributed by atoms with Gasteiger partial charge in [0.1, 0.15) is 0 Å². The highest BCUT2D eigenvalue weighted by Gasteiger charge is 2.13. The van der Waals surface area contributed by atoms with E-state index in [9.17, 15) is 14.9 Å². The minimum absolute atomic E-state index is 0.0392. The van der Waals surface area contributed by atoms with Crippen LogP contribution in [0.1, 0.15) is 19.3 Å². The summed E-state index contributed by atoms with van der Waals surface area (Å²) in [4.78, 5) is 25.2. The fourth-order valence-electron chi connectivity index (χ4n) is 2.14. The zero-order valence-corrected chi connectivity index (χ0v) is 11.4. The minimum atomic E-state index is -0.416. The molecule has 7 heteroatoms. The van der Waals surface area contributed by atoms with Crippen molar-refractivity contribution in [1.82, 2.24) is 4.98 Å². The average Bonchev–Trinajstić information content (AvgIpc) is 2.46. The number of nitro groups is 1. The number of anilines is 1. The van der Waals surface area contributed by atoms with Gasteiger partial charge in [-0.2, -0.15) is 0 Å². The van der Waals surface area contributed by atoms with E-state index in [0.717, 1.165) is 23.9 Å². The van der Waals surface area contributed by atoms with Gasteiger partial charge in [0.05, 0.1) is 10.3 Å². The van der Waals surface area contributed by atoms with Gasteiger partial charge < -0.3 is 11.1 Å². The van der Waals surface area contributed by atoms with Gasteiger partial charge in [-0.1, -0.05) is 0 Å². The minimum Gasteiger partial charge on any atom is -0.385 e. The highest BCUT2D eigenvalue weighted by atomic mass is 16.6. The number of aromatic nitrogens is 1. The Kier molecular flexibility index (Phi) is 4.65. The highest BCUT2D eigenvalue weighted by molar-refractivity contribution is 5.99. The van der Waals surface area contributed by atoms with Crippen molar-refractivity contribution in [2.24, 2.45) is 5.73 Å². The molecule has 0 fully saturated rings. The molecule has 2 aromatic rings. The van der Waals surface area contributed by atoms with Crippen LogP contribution in [0.2, 0.25) is 0 Å². The van der Waals surface area contributed by atoms with Crippen LogP contribution >= 0.6 is 0 Å². The molecule has 0 aliphatic carbocycles. The third-order valence-corrected chi connectivity index (χ3v) is 3.16. The van der Waals surface area contributed by atoms with E-state index in [1.807, 2.05) is 0 Å². The first kappa shape index (κ1) is 14.7. The normalized spacial score (nSPS) is 10.5. The Morgan fingerprint density at radius 2 is 2.10 bits per heavy atom. The molecule has 0 spiro atoms. The summed E-state index contributed by atoms with van der Waals surface area (Å²) < 4.78 is 0. The number of non-ortho nitro benzene ring substituents is 1. The number of hydrogen-bond donors (Lipinski definition) is 2. The molecule has 0 aliphatic heterocycles. The number of carbonyl (C=O) groups is 1. The summed E-state index contributed by atoms with van der Waals surface area (Å²) in [5.74, 6) is -0.304. The van der Waals surface area contributed by atoms with Gasteiger partial charge in [-0.15, -0.1) is 0 Å². The van der Waals surface area contributed by atoms with Crippen molar-refractivity contribution in [3.8, 4) is 0 Å². The van der Waals surface area contributed by atoms with E-state index in [4.69, 9.17) is 5.73 Å². The van der Waals surface area contributed by atoms with E-state index >= 15 is 0 Å². The van der Waals surface area contributed by atoms with E-state index < -0.39 is 4.92 Å². The lowest BCUT2D eigenvalue weighted by molar-refractivity contribution is -0.383. The second-order valence-corrected chi connectivity index (χ2v) is 4.66. The third-order valence-electron chi connectivity index (χ3n) is 3.16. The Bertz CT molecular complexity index is 672. The molecule has 1 aromatic carbocycles. The number of fused-ring (bicyclic) bond motifs is 1. The van der Waals surface area contributed by atoms with Gasteiger partial charge in [-0.05, 0) is 25.0 Å². The van der Waals surface area contributed by atoms with Crippen LogP contribution in [0.5, 0.6) is 0 Å². The summed E-state index contributed by atoms with van der Waals surface area (Å²) in [6.07, 6.45) is 4.98. The quantitative estimate of drug-likeness (QED) is 0.461. The number of nitrogens with one attached hydrogen (secondary N) is 1. The second-order valence-electron chi connectivity index (χ2n) is 4.66. The summed E-state index contributed by atoms with van der Waals surface area (Å²) in [5.41, 5.74) is 5.93. The third kappa shape index (κ3) is 3.65. The molecule has 0 unspecified atom stereocenters. The molecule has 2 rings (SSSR count). The number of pyridine rings is 1. The molecular weight excluding hydrogens is 272 g/mol. The number of primary amides is 1. The topological polar surface area (TPSA) is 111 Å². The Morgan fingerprint density at radius 3 is 2.81 bits per heavy atom. The lowest BCUT2D eigenvalue weighted by Gasteiger charge is -2.09. The summed E-state index contributed by atoms with van der Waals surface area (Å²) in [7, 11) is 0. The van der Waals surface area contributed by atoms with E-state index in [0.29, 0.717) is 18.4 Å². The molecule has 3 N–H and O–H groups in total. The van der Waals surface area contributed by atoms with Crippen LogP contribution in [0.3, 0.4) is 0 Å². The van der Waals surface area contributed by atoms with Crippen LogP contribution in [0.15, 0.2) is 30.6 Å². The van der Waals surface area contributed by atoms with Gasteiger partial charge in [-0.25, -0.2) is 0 Å². The monoisotopic (exact) mass is 288 g/mol. The molecule has 0 saturated carbocycles. The molecule has 0 bridgehead atoms.